The van der Waals surface area contributed by atoms with Gasteiger partial charge in [0.2, 0.25) is 0 Å². The Bertz CT molecular complexity index is 1680. The second kappa shape index (κ2) is 11.2. The Hall–Kier alpha value is -4.37. The van der Waals surface area contributed by atoms with Crippen LogP contribution in [0.4, 0.5) is 10.5 Å². The molecule has 2 amide bonds. The second-order valence-electron chi connectivity index (χ2n) is 9.12. The van der Waals surface area contributed by atoms with E-state index in [9.17, 15) is 9.59 Å². The van der Waals surface area contributed by atoms with Gasteiger partial charge in [0, 0.05) is 10.2 Å². The van der Waals surface area contributed by atoms with Crippen molar-refractivity contribution in [2.24, 2.45) is 0 Å². The van der Waals surface area contributed by atoms with Crippen molar-refractivity contribution in [3.8, 4) is 11.4 Å². The van der Waals surface area contributed by atoms with Gasteiger partial charge in [0.1, 0.15) is 17.3 Å². The van der Waals surface area contributed by atoms with Crippen molar-refractivity contribution in [3.63, 3.8) is 0 Å². The summed E-state index contributed by atoms with van der Waals surface area (Å²) in [6.07, 6.45) is 1.56. The van der Waals surface area contributed by atoms with Crippen LogP contribution in [0, 0.1) is 6.92 Å². The quantitative estimate of drug-likeness (QED) is 0.225. The standard InChI is InChI=1S/C30H27BrN4O4/c1-19-10-15-27(38-3)26(17-19)35-28(33-25-9-5-4-8-24(25)29(35)36)20(2)34(18-23-7-6-16-39-23)30(37)32-22-13-11-21(31)12-14-22/h4-17,20H,18H2,1-3H3,(H,32,37). The van der Waals surface area contributed by atoms with Crippen molar-refractivity contribution in [3.05, 3.63) is 117 Å². The SMILES string of the molecule is COc1ccc(C)cc1-n1c(C(C)N(Cc2ccco2)C(=O)Nc2ccc(Br)cc2)nc2ccccc2c1=O. The fourth-order valence-corrected chi connectivity index (χ4v) is 4.72. The minimum Gasteiger partial charge on any atom is -0.495 e. The predicted molar refractivity (Wildman–Crippen MR) is 154 cm³/mol. The zero-order valence-electron chi connectivity index (χ0n) is 21.7. The number of anilines is 1. The van der Waals surface area contributed by atoms with Crippen LogP contribution in [0.1, 0.15) is 30.1 Å². The summed E-state index contributed by atoms with van der Waals surface area (Å²) in [6.45, 7) is 3.95. The Morgan fingerprint density at radius 2 is 1.87 bits per heavy atom. The van der Waals surface area contributed by atoms with Gasteiger partial charge in [-0.25, -0.2) is 9.78 Å². The Morgan fingerprint density at radius 3 is 2.59 bits per heavy atom. The lowest BCUT2D eigenvalue weighted by molar-refractivity contribution is 0.179. The van der Waals surface area contributed by atoms with Crippen molar-refractivity contribution >= 4 is 38.6 Å². The summed E-state index contributed by atoms with van der Waals surface area (Å²) in [4.78, 5) is 34.2. The van der Waals surface area contributed by atoms with Gasteiger partial charge in [0.15, 0.2) is 0 Å². The van der Waals surface area contributed by atoms with Gasteiger partial charge < -0.3 is 19.4 Å². The average Bonchev–Trinajstić information content (AvgIpc) is 3.46. The van der Waals surface area contributed by atoms with E-state index in [1.807, 2.05) is 50.2 Å². The van der Waals surface area contributed by atoms with E-state index in [0.29, 0.717) is 39.6 Å². The summed E-state index contributed by atoms with van der Waals surface area (Å²) < 4.78 is 13.7. The number of nitrogens with one attached hydrogen (secondary N) is 1. The number of hydrogen-bond donors (Lipinski definition) is 1. The number of hydrogen-bond acceptors (Lipinski definition) is 5. The number of rotatable bonds is 7. The van der Waals surface area contributed by atoms with Crippen molar-refractivity contribution in [2.75, 3.05) is 12.4 Å². The molecule has 2 aromatic heterocycles. The lowest BCUT2D eigenvalue weighted by Gasteiger charge is -2.30. The number of methoxy groups -OCH3 is 1. The summed E-state index contributed by atoms with van der Waals surface area (Å²) in [7, 11) is 1.56. The molecule has 2 heterocycles. The molecule has 0 aliphatic rings. The van der Waals surface area contributed by atoms with Crippen LogP contribution in [-0.2, 0) is 6.54 Å². The average molecular weight is 587 g/mol. The molecule has 1 N–H and O–H groups in total. The van der Waals surface area contributed by atoms with Crippen LogP contribution in [-0.4, -0.2) is 27.6 Å². The van der Waals surface area contributed by atoms with Crippen LogP contribution in [0.3, 0.4) is 0 Å². The molecule has 8 nitrogen and oxygen atoms in total. The molecular formula is C30H27BrN4O4. The molecule has 0 aliphatic carbocycles. The smallest absolute Gasteiger partial charge is 0.322 e. The highest BCUT2D eigenvalue weighted by atomic mass is 79.9. The number of carbonyl (C=O) groups excluding carboxylic acids is 1. The normalized spacial score (nSPS) is 11.8. The predicted octanol–water partition coefficient (Wildman–Crippen LogP) is 6.85. The molecule has 5 aromatic rings. The highest BCUT2D eigenvalue weighted by Crippen LogP contribution is 2.30. The zero-order chi connectivity index (χ0) is 27.5. The van der Waals surface area contributed by atoms with E-state index >= 15 is 0 Å². The molecule has 0 spiro atoms. The lowest BCUT2D eigenvalue weighted by atomic mass is 10.1. The first kappa shape index (κ1) is 26.2. The number of carbonyl (C=O) groups is 1. The Balaban J connectivity index is 1.67. The van der Waals surface area contributed by atoms with Gasteiger partial charge in [-0.2, -0.15) is 0 Å². The molecule has 0 saturated carbocycles. The maximum Gasteiger partial charge on any atom is 0.322 e. The Morgan fingerprint density at radius 1 is 1.10 bits per heavy atom. The van der Waals surface area contributed by atoms with E-state index in [0.717, 1.165) is 10.0 Å². The first-order valence-corrected chi connectivity index (χ1v) is 13.2. The highest BCUT2D eigenvalue weighted by molar-refractivity contribution is 9.10. The van der Waals surface area contributed by atoms with Crippen LogP contribution in [0.5, 0.6) is 5.75 Å². The topological polar surface area (TPSA) is 89.6 Å². The molecule has 198 valence electrons. The molecule has 1 unspecified atom stereocenters. The zero-order valence-corrected chi connectivity index (χ0v) is 23.3. The molecule has 1 atom stereocenters. The van der Waals surface area contributed by atoms with E-state index in [4.69, 9.17) is 14.1 Å². The summed E-state index contributed by atoms with van der Waals surface area (Å²) in [5.74, 6) is 1.50. The van der Waals surface area contributed by atoms with Crippen LogP contribution < -0.4 is 15.6 Å². The van der Waals surface area contributed by atoms with Gasteiger partial charge in [0.05, 0.1) is 42.5 Å². The van der Waals surface area contributed by atoms with E-state index in [2.05, 4.69) is 21.2 Å². The molecule has 0 aliphatic heterocycles. The van der Waals surface area contributed by atoms with E-state index in [1.54, 1.807) is 65.3 Å². The maximum atomic E-state index is 14.0. The third-order valence-corrected chi connectivity index (χ3v) is 7.01. The largest absolute Gasteiger partial charge is 0.495 e. The number of para-hydroxylation sites is 1. The molecule has 39 heavy (non-hydrogen) atoms. The highest BCUT2D eigenvalue weighted by Gasteiger charge is 2.29. The first-order valence-electron chi connectivity index (χ1n) is 12.4. The maximum absolute atomic E-state index is 14.0. The molecule has 0 saturated heterocycles. The lowest BCUT2D eigenvalue weighted by Crippen LogP contribution is -2.39. The number of benzene rings is 3. The van der Waals surface area contributed by atoms with Gasteiger partial charge in [-0.15, -0.1) is 0 Å². The van der Waals surface area contributed by atoms with E-state index in [1.165, 1.54) is 0 Å². The fourth-order valence-electron chi connectivity index (χ4n) is 4.46. The molecule has 9 heteroatoms. The summed E-state index contributed by atoms with van der Waals surface area (Å²) in [5, 5.41) is 3.43. The third-order valence-electron chi connectivity index (χ3n) is 6.48. The number of urea groups is 1. The molecule has 0 fully saturated rings. The van der Waals surface area contributed by atoms with Gasteiger partial charge in [-0.1, -0.05) is 34.1 Å². The Kier molecular flexibility index (Phi) is 7.51. The fraction of sp³-hybridized carbons (Fsp3) is 0.167. The van der Waals surface area contributed by atoms with Gasteiger partial charge in [0.25, 0.3) is 5.56 Å². The minimum atomic E-state index is -0.645. The molecule has 5 rings (SSSR count). The van der Waals surface area contributed by atoms with Crippen molar-refractivity contribution in [1.29, 1.82) is 0 Å². The summed E-state index contributed by atoms with van der Waals surface area (Å²) in [6, 6.07) is 22.7. The van der Waals surface area contributed by atoms with Crippen LogP contribution in [0.15, 0.2) is 98.8 Å². The van der Waals surface area contributed by atoms with Gasteiger partial charge in [-0.05, 0) is 80.1 Å². The van der Waals surface area contributed by atoms with Crippen molar-refractivity contribution < 1.29 is 13.9 Å². The number of nitrogens with zero attached hydrogens (tertiary/aromatic N) is 3. The monoisotopic (exact) mass is 586 g/mol. The molecule has 0 radical (unpaired) electrons. The number of furan rings is 1. The molecule has 3 aromatic carbocycles. The third kappa shape index (κ3) is 5.44. The number of halogens is 1. The Labute approximate surface area is 234 Å². The van der Waals surface area contributed by atoms with E-state index < -0.39 is 6.04 Å². The van der Waals surface area contributed by atoms with Gasteiger partial charge >= 0.3 is 6.03 Å². The van der Waals surface area contributed by atoms with Crippen LogP contribution in [0.2, 0.25) is 0 Å². The number of aryl methyl sites for hydroxylation is 1. The van der Waals surface area contributed by atoms with E-state index in [-0.39, 0.29) is 18.1 Å². The minimum absolute atomic E-state index is 0.157. The number of ether oxygens (including phenoxy) is 1. The summed E-state index contributed by atoms with van der Waals surface area (Å²) >= 11 is 3.42. The van der Waals surface area contributed by atoms with Gasteiger partial charge in [-0.3, -0.25) is 9.36 Å². The number of fused-ring (bicyclic) bond motifs is 1. The molecular weight excluding hydrogens is 560 g/mol. The number of amides is 2. The van der Waals surface area contributed by atoms with Crippen LogP contribution in [0.25, 0.3) is 16.6 Å². The summed E-state index contributed by atoms with van der Waals surface area (Å²) in [5.41, 5.74) is 2.42. The molecule has 0 bridgehead atoms. The van der Waals surface area contributed by atoms with Crippen molar-refractivity contribution in [2.45, 2.75) is 26.4 Å². The number of aromatic nitrogens is 2. The second-order valence-corrected chi connectivity index (χ2v) is 10.0. The first-order chi connectivity index (χ1) is 18.9. The van der Waals surface area contributed by atoms with Crippen LogP contribution >= 0.6 is 15.9 Å². The van der Waals surface area contributed by atoms with Crippen molar-refractivity contribution in [1.82, 2.24) is 14.5 Å².